The Morgan fingerprint density at radius 1 is 1.50 bits per heavy atom. The first-order chi connectivity index (χ1) is 6.79. The van der Waals surface area contributed by atoms with Gasteiger partial charge in [-0.3, -0.25) is 4.90 Å². The number of hydrogen-bond acceptors (Lipinski definition) is 3. The van der Waals surface area contributed by atoms with Crippen molar-refractivity contribution in [3.05, 3.63) is 0 Å². The van der Waals surface area contributed by atoms with Gasteiger partial charge in [-0.15, -0.1) is 0 Å². The van der Waals surface area contributed by atoms with E-state index in [2.05, 4.69) is 11.8 Å². The standard InChI is InChI=1S/C11H24N2O/c1-3-14-8-4-6-13-7-5-10(2)11(13)9-12/h10-11H,3-9,12H2,1-2H3. The molecule has 84 valence electrons. The number of rotatable bonds is 6. The fraction of sp³-hybridized carbons (Fsp3) is 1.00. The van der Waals surface area contributed by atoms with Crippen LogP contribution in [0.25, 0.3) is 0 Å². The summed E-state index contributed by atoms with van der Waals surface area (Å²) >= 11 is 0. The fourth-order valence-corrected chi connectivity index (χ4v) is 2.26. The summed E-state index contributed by atoms with van der Waals surface area (Å²) in [6.07, 6.45) is 2.44. The number of nitrogens with two attached hydrogens (primary N) is 1. The van der Waals surface area contributed by atoms with E-state index in [1.165, 1.54) is 13.0 Å². The smallest absolute Gasteiger partial charge is 0.0478 e. The first kappa shape index (κ1) is 12.0. The average molecular weight is 200 g/mol. The predicted octanol–water partition coefficient (Wildman–Crippen LogP) is 1.08. The molecule has 1 fully saturated rings. The zero-order chi connectivity index (χ0) is 10.4. The van der Waals surface area contributed by atoms with Crippen molar-refractivity contribution in [3.8, 4) is 0 Å². The van der Waals surface area contributed by atoms with Crippen LogP contribution in [0.3, 0.4) is 0 Å². The molecule has 1 aliphatic heterocycles. The molecule has 3 nitrogen and oxygen atoms in total. The van der Waals surface area contributed by atoms with Gasteiger partial charge in [0.25, 0.3) is 0 Å². The largest absolute Gasteiger partial charge is 0.382 e. The molecule has 1 heterocycles. The summed E-state index contributed by atoms with van der Waals surface area (Å²) in [7, 11) is 0. The van der Waals surface area contributed by atoms with Crippen molar-refractivity contribution in [2.45, 2.75) is 32.7 Å². The Labute approximate surface area is 87.6 Å². The molecule has 0 aliphatic carbocycles. The van der Waals surface area contributed by atoms with Gasteiger partial charge in [0, 0.05) is 32.3 Å². The molecule has 0 aromatic carbocycles. The van der Waals surface area contributed by atoms with Gasteiger partial charge in [-0.25, -0.2) is 0 Å². The third-order valence-electron chi connectivity index (χ3n) is 3.18. The summed E-state index contributed by atoms with van der Waals surface area (Å²) in [5.41, 5.74) is 5.77. The second kappa shape index (κ2) is 6.38. The minimum atomic E-state index is 0.608. The van der Waals surface area contributed by atoms with E-state index in [0.717, 1.165) is 38.6 Å². The van der Waals surface area contributed by atoms with Gasteiger partial charge in [-0.05, 0) is 32.2 Å². The van der Waals surface area contributed by atoms with E-state index in [-0.39, 0.29) is 0 Å². The van der Waals surface area contributed by atoms with Crippen LogP contribution in [-0.2, 0) is 4.74 Å². The monoisotopic (exact) mass is 200 g/mol. The highest BCUT2D eigenvalue weighted by Crippen LogP contribution is 2.22. The minimum absolute atomic E-state index is 0.608. The summed E-state index contributed by atoms with van der Waals surface area (Å²) in [5.74, 6) is 0.770. The summed E-state index contributed by atoms with van der Waals surface area (Å²) in [6.45, 7) is 9.23. The van der Waals surface area contributed by atoms with E-state index in [0.29, 0.717) is 6.04 Å². The summed E-state index contributed by atoms with van der Waals surface area (Å²) in [4.78, 5) is 2.52. The molecule has 0 saturated carbocycles. The highest BCUT2D eigenvalue weighted by Gasteiger charge is 2.28. The van der Waals surface area contributed by atoms with Gasteiger partial charge in [0.1, 0.15) is 0 Å². The zero-order valence-electron chi connectivity index (χ0n) is 9.54. The van der Waals surface area contributed by atoms with Crippen molar-refractivity contribution in [1.82, 2.24) is 4.90 Å². The molecule has 2 atom stereocenters. The minimum Gasteiger partial charge on any atom is -0.382 e. The van der Waals surface area contributed by atoms with E-state index < -0.39 is 0 Å². The van der Waals surface area contributed by atoms with E-state index in [9.17, 15) is 0 Å². The number of hydrogen-bond donors (Lipinski definition) is 1. The van der Waals surface area contributed by atoms with Crippen LogP contribution in [0.1, 0.15) is 26.7 Å². The number of ether oxygens (including phenoxy) is 1. The third kappa shape index (κ3) is 3.23. The molecule has 0 bridgehead atoms. The average Bonchev–Trinajstić information content (AvgIpc) is 2.54. The Balaban J connectivity index is 2.17. The maximum Gasteiger partial charge on any atom is 0.0478 e. The van der Waals surface area contributed by atoms with Crippen LogP contribution in [-0.4, -0.2) is 43.8 Å². The van der Waals surface area contributed by atoms with Crippen molar-refractivity contribution in [2.75, 3.05) is 32.8 Å². The molecule has 14 heavy (non-hydrogen) atoms. The lowest BCUT2D eigenvalue weighted by molar-refractivity contribution is 0.128. The second-order valence-electron chi connectivity index (χ2n) is 4.16. The second-order valence-corrected chi connectivity index (χ2v) is 4.16. The summed E-state index contributed by atoms with van der Waals surface area (Å²) in [6, 6.07) is 0.608. The lowest BCUT2D eigenvalue weighted by Crippen LogP contribution is -2.39. The molecular weight excluding hydrogens is 176 g/mol. The lowest BCUT2D eigenvalue weighted by Gasteiger charge is -2.25. The molecule has 0 aromatic rings. The van der Waals surface area contributed by atoms with Crippen LogP contribution >= 0.6 is 0 Å². The SMILES string of the molecule is CCOCCCN1CCC(C)C1CN. The van der Waals surface area contributed by atoms with Gasteiger partial charge in [0.05, 0.1) is 0 Å². The zero-order valence-corrected chi connectivity index (χ0v) is 9.54. The maximum atomic E-state index is 5.77. The maximum absolute atomic E-state index is 5.77. The van der Waals surface area contributed by atoms with Crippen LogP contribution in [0.5, 0.6) is 0 Å². The topological polar surface area (TPSA) is 38.5 Å². The Morgan fingerprint density at radius 3 is 2.93 bits per heavy atom. The van der Waals surface area contributed by atoms with Crippen LogP contribution in [0, 0.1) is 5.92 Å². The molecule has 2 N–H and O–H groups in total. The van der Waals surface area contributed by atoms with E-state index in [1.54, 1.807) is 0 Å². The Bertz CT molecular complexity index is 152. The Kier molecular flexibility index (Phi) is 5.45. The third-order valence-corrected chi connectivity index (χ3v) is 3.18. The van der Waals surface area contributed by atoms with Gasteiger partial charge in [0.15, 0.2) is 0 Å². The molecule has 2 unspecified atom stereocenters. The highest BCUT2D eigenvalue weighted by molar-refractivity contribution is 4.84. The quantitative estimate of drug-likeness (QED) is 0.652. The van der Waals surface area contributed by atoms with Crippen molar-refractivity contribution in [3.63, 3.8) is 0 Å². The van der Waals surface area contributed by atoms with Crippen molar-refractivity contribution < 1.29 is 4.74 Å². The molecule has 3 heteroatoms. The van der Waals surface area contributed by atoms with E-state index in [1.807, 2.05) is 6.92 Å². The van der Waals surface area contributed by atoms with Crippen molar-refractivity contribution >= 4 is 0 Å². The predicted molar refractivity (Wildman–Crippen MR) is 59.3 cm³/mol. The molecule has 1 aliphatic rings. The molecule has 0 aromatic heterocycles. The van der Waals surface area contributed by atoms with Gasteiger partial charge < -0.3 is 10.5 Å². The highest BCUT2D eigenvalue weighted by atomic mass is 16.5. The van der Waals surface area contributed by atoms with Gasteiger partial charge >= 0.3 is 0 Å². The Morgan fingerprint density at radius 2 is 2.29 bits per heavy atom. The number of nitrogens with zero attached hydrogens (tertiary/aromatic N) is 1. The van der Waals surface area contributed by atoms with Crippen LogP contribution in [0.15, 0.2) is 0 Å². The van der Waals surface area contributed by atoms with Crippen molar-refractivity contribution in [2.24, 2.45) is 11.7 Å². The fourth-order valence-electron chi connectivity index (χ4n) is 2.26. The van der Waals surface area contributed by atoms with Crippen molar-refractivity contribution in [1.29, 1.82) is 0 Å². The molecule has 1 saturated heterocycles. The molecular formula is C11H24N2O. The summed E-state index contributed by atoms with van der Waals surface area (Å²) in [5, 5.41) is 0. The molecule has 0 spiro atoms. The summed E-state index contributed by atoms with van der Waals surface area (Å²) < 4.78 is 5.33. The van der Waals surface area contributed by atoms with Crippen LogP contribution in [0.2, 0.25) is 0 Å². The van der Waals surface area contributed by atoms with E-state index in [4.69, 9.17) is 10.5 Å². The lowest BCUT2D eigenvalue weighted by atomic mass is 10.0. The first-order valence-corrected chi connectivity index (χ1v) is 5.81. The molecule has 0 amide bonds. The van der Waals surface area contributed by atoms with Crippen LogP contribution < -0.4 is 5.73 Å². The molecule has 1 rings (SSSR count). The van der Waals surface area contributed by atoms with Gasteiger partial charge in [-0.2, -0.15) is 0 Å². The van der Waals surface area contributed by atoms with E-state index >= 15 is 0 Å². The normalized spacial score (nSPS) is 28.5. The molecule has 0 radical (unpaired) electrons. The number of likely N-dealkylation sites (tertiary alicyclic amines) is 1. The van der Waals surface area contributed by atoms with Gasteiger partial charge in [-0.1, -0.05) is 6.92 Å². The van der Waals surface area contributed by atoms with Crippen LogP contribution in [0.4, 0.5) is 0 Å². The Hall–Kier alpha value is -0.120. The first-order valence-electron chi connectivity index (χ1n) is 5.81. The van der Waals surface area contributed by atoms with Gasteiger partial charge in [0.2, 0.25) is 0 Å².